The zero-order chi connectivity index (χ0) is 20.8. The van der Waals surface area contributed by atoms with Gasteiger partial charge < -0.3 is 15.1 Å². The summed E-state index contributed by atoms with van der Waals surface area (Å²) in [5.41, 5.74) is 1.72. The minimum absolute atomic E-state index is 0.102. The molecule has 1 aliphatic rings. The molecule has 0 spiro atoms. The third kappa shape index (κ3) is 5.70. The molecule has 156 valence electrons. The van der Waals surface area contributed by atoms with E-state index in [1.165, 1.54) is 18.2 Å². The van der Waals surface area contributed by atoms with Crippen molar-refractivity contribution in [1.29, 1.82) is 0 Å². The first-order valence-electron chi connectivity index (χ1n) is 9.91. The van der Waals surface area contributed by atoms with E-state index in [1.807, 2.05) is 6.92 Å². The van der Waals surface area contributed by atoms with Crippen LogP contribution in [-0.2, 0) is 4.79 Å². The van der Waals surface area contributed by atoms with Crippen molar-refractivity contribution in [1.82, 2.24) is 10.2 Å². The number of rotatable bonds is 7. The Balaban J connectivity index is 1.65. The van der Waals surface area contributed by atoms with Gasteiger partial charge in [0, 0.05) is 42.3 Å². The Morgan fingerprint density at radius 1 is 1.14 bits per heavy atom. The molecular weight excluding hydrogens is 392 g/mol. The van der Waals surface area contributed by atoms with E-state index in [0.717, 1.165) is 55.7 Å². The van der Waals surface area contributed by atoms with Gasteiger partial charge in [-0.25, -0.2) is 8.78 Å². The van der Waals surface area contributed by atoms with E-state index in [0.29, 0.717) is 4.90 Å². The minimum Gasteiger partial charge on any atom is -0.369 e. The molecule has 2 aromatic carbocycles. The van der Waals surface area contributed by atoms with Crippen LogP contribution in [0.5, 0.6) is 0 Å². The van der Waals surface area contributed by atoms with Gasteiger partial charge in [-0.05, 0) is 43.8 Å². The van der Waals surface area contributed by atoms with Crippen molar-refractivity contribution in [3.05, 3.63) is 59.7 Å². The van der Waals surface area contributed by atoms with Crippen LogP contribution in [0.3, 0.4) is 0 Å². The molecule has 0 aromatic heterocycles. The average Bonchev–Trinajstić information content (AvgIpc) is 2.73. The molecule has 2 aromatic rings. The van der Waals surface area contributed by atoms with Crippen LogP contribution in [0, 0.1) is 11.6 Å². The molecule has 3 rings (SSSR count). The van der Waals surface area contributed by atoms with Crippen LogP contribution in [0.25, 0.3) is 0 Å². The minimum atomic E-state index is -0.348. The van der Waals surface area contributed by atoms with Crippen LogP contribution >= 0.6 is 11.8 Å². The molecule has 1 saturated heterocycles. The van der Waals surface area contributed by atoms with Gasteiger partial charge in [0.1, 0.15) is 11.6 Å². The number of hydrogen-bond donors (Lipinski definition) is 1. The van der Waals surface area contributed by atoms with Crippen LogP contribution in [0.1, 0.15) is 25.5 Å². The summed E-state index contributed by atoms with van der Waals surface area (Å²) in [6, 6.07) is 10.8. The molecule has 1 N–H and O–H groups in total. The normalized spacial score (nSPS) is 15.9. The second-order valence-electron chi connectivity index (χ2n) is 7.13. The van der Waals surface area contributed by atoms with Gasteiger partial charge in [-0.15, -0.1) is 11.8 Å². The summed E-state index contributed by atoms with van der Waals surface area (Å²) in [6.45, 7) is 8.70. The molecule has 7 heteroatoms. The summed E-state index contributed by atoms with van der Waals surface area (Å²) >= 11 is 1.15. The van der Waals surface area contributed by atoms with Crippen LogP contribution in [0.2, 0.25) is 0 Å². The predicted molar refractivity (Wildman–Crippen MR) is 114 cm³/mol. The number of thioether (sulfide) groups is 1. The highest BCUT2D eigenvalue weighted by molar-refractivity contribution is 8.00. The number of benzene rings is 2. The number of anilines is 1. The number of carbonyl (C=O) groups excluding carboxylic acids is 1. The number of hydrogen-bond acceptors (Lipinski definition) is 4. The van der Waals surface area contributed by atoms with Crippen LogP contribution in [-0.4, -0.2) is 49.3 Å². The van der Waals surface area contributed by atoms with Gasteiger partial charge in [0.2, 0.25) is 5.91 Å². The topological polar surface area (TPSA) is 35.6 Å². The van der Waals surface area contributed by atoms with Gasteiger partial charge >= 0.3 is 0 Å². The van der Waals surface area contributed by atoms with Gasteiger partial charge in [-0.3, -0.25) is 4.79 Å². The fraction of sp³-hybridized carbons (Fsp3) is 0.409. The maximum absolute atomic E-state index is 14.0. The Morgan fingerprint density at radius 3 is 2.55 bits per heavy atom. The van der Waals surface area contributed by atoms with Gasteiger partial charge in [0.25, 0.3) is 0 Å². The highest BCUT2D eigenvalue weighted by Gasteiger charge is 2.22. The van der Waals surface area contributed by atoms with Crippen LogP contribution < -0.4 is 10.2 Å². The van der Waals surface area contributed by atoms with Crippen LogP contribution in [0.15, 0.2) is 47.4 Å². The molecule has 1 amide bonds. The van der Waals surface area contributed by atoms with Crippen molar-refractivity contribution < 1.29 is 13.6 Å². The first-order chi connectivity index (χ1) is 14.0. The Kier molecular flexibility index (Phi) is 7.50. The molecule has 0 saturated carbocycles. The van der Waals surface area contributed by atoms with Gasteiger partial charge in [-0.2, -0.15) is 0 Å². The fourth-order valence-corrected chi connectivity index (χ4v) is 4.28. The summed E-state index contributed by atoms with van der Waals surface area (Å²) in [5.74, 6) is -0.767. The number of halogens is 2. The van der Waals surface area contributed by atoms with Crippen LogP contribution in [0.4, 0.5) is 14.5 Å². The Hall–Kier alpha value is -2.12. The zero-order valence-corrected chi connectivity index (χ0v) is 17.6. The first kappa shape index (κ1) is 21.6. The average molecular weight is 420 g/mol. The fourth-order valence-electron chi connectivity index (χ4n) is 3.53. The highest BCUT2D eigenvalue weighted by atomic mass is 32.2. The molecule has 1 aliphatic heterocycles. The SMILES string of the molecule is CCN1CCN(c2ccc(F)cc2C(C)NC(=O)CSc2ccccc2F)CC1. The second-order valence-corrected chi connectivity index (χ2v) is 8.15. The first-order valence-corrected chi connectivity index (χ1v) is 10.9. The lowest BCUT2D eigenvalue weighted by atomic mass is 10.0. The summed E-state index contributed by atoms with van der Waals surface area (Å²) in [6.07, 6.45) is 0. The van der Waals surface area contributed by atoms with Gasteiger partial charge in [0.05, 0.1) is 11.8 Å². The Labute approximate surface area is 175 Å². The standard InChI is InChI=1S/C22H27F2N3OS/c1-3-26-10-12-27(13-11-26)20-9-8-17(23)14-18(20)16(2)25-22(28)15-29-21-7-5-4-6-19(21)24/h4-9,14,16H,3,10-13,15H2,1-2H3,(H,25,28). The maximum atomic E-state index is 14.0. The molecular formula is C22H27F2N3OS. The lowest BCUT2D eigenvalue weighted by Crippen LogP contribution is -2.46. The predicted octanol–water partition coefficient (Wildman–Crippen LogP) is 4.08. The summed E-state index contributed by atoms with van der Waals surface area (Å²) in [5, 5.41) is 2.93. The second kappa shape index (κ2) is 10.1. The summed E-state index contributed by atoms with van der Waals surface area (Å²) < 4.78 is 27.7. The molecule has 4 nitrogen and oxygen atoms in total. The number of amides is 1. The lowest BCUT2D eigenvalue weighted by Gasteiger charge is -2.37. The summed E-state index contributed by atoms with van der Waals surface area (Å²) in [7, 11) is 0. The molecule has 29 heavy (non-hydrogen) atoms. The molecule has 1 unspecified atom stereocenters. The number of carbonyl (C=O) groups is 1. The van der Waals surface area contributed by atoms with E-state index in [9.17, 15) is 13.6 Å². The van der Waals surface area contributed by atoms with E-state index in [2.05, 4.69) is 22.0 Å². The van der Waals surface area contributed by atoms with Gasteiger partial charge in [0.15, 0.2) is 0 Å². The highest BCUT2D eigenvalue weighted by Crippen LogP contribution is 2.29. The molecule has 1 heterocycles. The van der Waals surface area contributed by atoms with Crippen molar-refractivity contribution in [3.63, 3.8) is 0 Å². The molecule has 0 aliphatic carbocycles. The van der Waals surface area contributed by atoms with E-state index in [1.54, 1.807) is 24.3 Å². The number of nitrogens with zero attached hydrogens (tertiary/aromatic N) is 2. The number of piperazine rings is 1. The number of likely N-dealkylation sites (N-methyl/N-ethyl adjacent to an activating group) is 1. The molecule has 0 bridgehead atoms. The molecule has 1 fully saturated rings. The van der Waals surface area contributed by atoms with Gasteiger partial charge in [-0.1, -0.05) is 19.1 Å². The van der Waals surface area contributed by atoms with Crippen molar-refractivity contribution in [3.8, 4) is 0 Å². The summed E-state index contributed by atoms with van der Waals surface area (Å²) in [4.78, 5) is 17.5. The monoisotopic (exact) mass is 419 g/mol. The zero-order valence-electron chi connectivity index (χ0n) is 16.8. The van der Waals surface area contributed by atoms with E-state index < -0.39 is 0 Å². The lowest BCUT2D eigenvalue weighted by molar-refractivity contribution is -0.119. The number of nitrogens with one attached hydrogen (secondary N) is 1. The van der Waals surface area contributed by atoms with E-state index >= 15 is 0 Å². The maximum Gasteiger partial charge on any atom is 0.230 e. The quantitative estimate of drug-likeness (QED) is 0.686. The van der Waals surface area contributed by atoms with E-state index in [4.69, 9.17) is 0 Å². The van der Waals surface area contributed by atoms with Crippen molar-refractivity contribution in [2.75, 3.05) is 43.4 Å². The third-order valence-electron chi connectivity index (χ3n) is 5.19. The molecule has 0 radical (unpaired) electrons. The van der Waals surface area contributed by atoms with Crippen molar-refractivity contribution in [2.24, 2.45) is 0 Å². The largest absolute Gasteiger partial charge is 0.369 e. The smallest absolute Gasteiger partial charge is 0.230 e. The Bertz CT molecular complexity index is 841. The molecule has 1 atom stereocenters. The van der Waals surface area contributed by atoms with Crippen molar-refractivity contribution >= 4 is 23.4 Å². The third-order valence-corrected chi connectivity index (χ3v) is 6.24. The Morgan fingerprint density at radius 2 is 1.86 bits per heavy atom. The van der Waals surface area contributed by atoms with Crippen molar-refractivity contribution in [2.45, 2.75) is 24.8 Å². The van der Waals surface area contributed by atoms with E-state index in [-0.39, 0.29) is 29.3 Å².